The number of carbonyl (C=O) groups excluding carboxylic acids is 1. The van der Waals surface area contributed by atoms with Crippen LogP contribution in [-0.2, 0) is 12.8 Å². The Kier molecular flexibility index (Phi) is 3.26. The highest BCUT2D eigenvalue weighted by molar-refractivity contribution is 5.99. The number of likely N-dealkylation sites (N-methyl/N-ethyl adjacent to an activating group) is 1. The van der Waals surface area contributed by atoms with Gasteiger partial charge in [0.2, 0.25) is 0 Å². The molecular formula is C16H21N3O. The summed E-state index contributed by atoms with van der Waals surface area (Å²) in [7, 11) is 5.95. The van der Waals surface area contributed by atoms with Crippen LogP contribution < -0.4 is 5.32 Å². The number of nitrogens with one attached hydrogen (secondary N) is 2. The zero-order valence-electron chi connectivity index (χ0n) is 12.3. The Morgan fingerprint density at radius 2 is 2.20 bits per heavy atom. The fraction of sp³-hybridized carbons (Fsp3) is 0.438. The Labute approximate surface area is 119 Å². The number of aromatic amines is 1. The monoisotopic (exact) mass is 271 g/mol. The molecule has 4 nitrogen and oxygen atoms in total. The van der Waals surface area contributed by atoms with E-state index < -0.39 is 0 Å². The molecule has 2 aromatic rings. The third-order valence-corrected chi connectivity index (χ3v) is 4.38. The van der Waals surface area contributed by atoms with Crippen LogP contribution in [-0.4, -0.2) is 43.0 Å². The maximum atomic E-state index is 11.8. The van der Waals surface area contributed by atoms with Gasteiger partial charge in [0, 0.05) is 35.2 Å². The molecule has 1 amide bonds. The summed E-state index contributed by atoms with van der Waals surface area (Å²) in [4.78, 5) is 17.6. The first-order valence-electron chi connectivity index (χ1n) is 7.12. The second-order valence-electron chi connectivity index (χ2n) is 5.78. The Bertz CT molecular complexity index is 657. The van der Waals surface area contributed by atoms with Crippen LogP contribution in [0.25, 0.3) is 10.9 Å². The lowest BCUT2D eigenvalue weighted by molar-refractivity contribution is 0.0963. The second-order valence-corrected chi connectivity index (χ2v) is 5.78. The first-order valence-corrected chi connectivity index (χ1v) is 7.12. The predicted octanol–water partition coefficient (Wildman–Crippen LogP) is 1.95. The molecule has 0 bridgehead atoms. The van der Waals surface area contributed by atoms with Crippen molar-refractivity contribution in [2.45, 2.75) is 25.3 Å². The van der Waals surface area contributed by atoms with Crippen LogP contribution in [0.3, 0.4) is 0 Å². The lowest BCUT2D eigenvalue weighted by atomic mass is 9.90. The van der Waals surface area contributed by atoms with E-state index in [1.54, 1.807) is 7.05 Å². The highest BCUT2D eigenvalue weighted by Gasteiger charge is 2.24. The molecule has 1 aromatic heterocycles. The molecule has 0 spiro atoms. The molecule has 1 aliphatic carbocycles. The van der Waals surface area contributed by atoms with E-state index in [4.69, 9.17) is 0 Å². The van der Waals surface area contributed by atoms with Crippen LogP contribution >= 0.6 is 0 Å². The second kappa shape index (κ2) is 4.94. The fourth-order valence-corrected chi connectivity index (χ4v) is 3.13. The van der Waals surface area contributed by atoms with Gasteiger partial charge in [-0.05, 0) is 57.1 Å². The number of aryl methyl sites for hydroxylation is 1. The minimum Gasteiger partial charge on any atom is -0.358 e. The van der Waals surface area contributed by atoms with Crippen LogP contribution in [0.15, 0.2) is 18.2 Å². The first-order chi connectivity index (χ1) is 9.60. The molecule has 0 saturated carbocycles. The van der Waals surface area contributed by atoms with E-state index in [2.05, 4.69) is 29.3 Å². The molecule has 4 heteroatoms. The smallest absolute Gasteiger partial charge is 0.251 e. The Balaban J connectivity index is 2.07. The summed E-state index contributed by atoms with van der Waals surface area (Å²) in [5.74, 6) is -0.0261. The van der Waals surface area contributed by atoms with Gasteiger partial charge in [-0.2, -0.15) is 0 Å². The Hall–Kier alpha value is -1.81. The topological polar surface area (TPSA) is 48.1 Å². The van der Waals surface area contributed by atoms with Crippen molar-refractivity contribution in [1.29, 1.82) is 0 Å². The molecule has 0 saturated heterocycles. The fourth-order valence-electron chi connectivity index (χ4n) is 3.13. The summed E-state index contributed by atoms with van der Waals surface area (Å²) in [6.45, 7) is 0. The average Bonchev–Trinajstić information content (AvgIpc) is 2.83. The van der Waals surface area contributed by atoms with Crippen molar-refractivity contribution >= 4 is 16.8 Å². The zero-order chi connectivity index (χ0) is 14.3. The minimum atomic E-state index is -0.0261. The number of aromatic nitrogens is 1. The summed E-state index contributed by atoms with van der Waals surface area (Å²) < 4.78 is 0. The lowest BCUT2D eigenvalue weighted by Crippen LogP contribution is -2.33. The molecule has 1 heterocycles. The summed E-state index contributed by atoms with van der Waals surface area (Å²) in [6, 6.07) is 6.50. The molecule has 1 unspecified atom stereocenters. The number of amides is 1. The van der Waals surface area contributed by atoms with E-state index in [1.807, 2.05) is 18.2 Å². The molecule has 2 N–H and O–H groups in total. The van der Waals surface area contributed by atoms with Crippen LogP contribution in [0.2, 0.25) is 0 Å². The lowest BCUT2D eigenvalue weighted by Gasteiger charge is -2.28. The predicted molar refractivity (Wildman–Crippen MR) is 81.2 cm³/mol. The number of H-pyrrole nitrogens is 1. The third-order valence-electron chi connectivity index (χ3n) is 4.38. The van der Waals surface area contributed by atoms with E-state index in [9.17, 15) is 4.79 Å². The molecule has 1 aromatic carbocycles. The van der Waals surface area contributed by atoms with E-state index in [0.29, 0.717) is 6.04 Å². The van der Waals surface area contributed by atoms with Crippen molar-refractivity contribution in [3.05, 3.63) is 35.0 Å². The van der Waals surface area contributed by atoms with Crippen molar-refractivity contribution < 1.29 is 4.79 Å². The van der Waals surface area contributed by atoms with Gasteiger partial charge in [-0.25, -0.2) is 0 Å². The van der Waals surface area contributed by atoms with Gasteiger partial charge in [0.05, 0.1) is 0 Å². The first kappa shape index (κ1) is 13.2. The van der Waals surface area contributed by atoms with Crippen LogP contribution in [0.1, 0.15) is 28.0 Å². The summed E-state index contributed by atoms with van der Waals surface area (Å²) in [5, 5.41) is 3.89. The van der Waals surface area contributed by atoms with Crippen molar-refractivity contribution in [3.8, 4) is 0 Å². The van der Waals surface area contributed by atoms with E-state index in [1.165, 1.54) is 23.1 Å². The van der Waals surface area contributed by atoms with E-state index >= 15 is 0 Å². The number of nitrogens with zero attached hydrogens (tertiary/aromatic N) is 1. The van der Waals surface area contributed by atoms with Crippen LogP contribution in [0, 0.1) is 0 Å². The molecule has 0 fully saturated rings. The van der Waals surface area contributed by atoms with Crippen molar-refractivity contribution in [2.24, 2.45) is 0 Å². The van der Waals surface area contributed by atoms with Gasteiger partial charge in [-0.15, -0.1) is 0 Å². The average molecular weight is 271 g/mol. The minimum absolute atomic E-state index is 0.0261. The Morgan fingerprint density at radius 1 is 1.40 bits per heavy atom. The molecule has 1 atom stereocenters. The highest BCUT2D eigenvalue weighted by atomic mass is 16.1. The number of fused-ring (bicyclic) bond motifs is 3. The van der Waals surface area contributed by atoms with Crippen molar-refractivity contribution in [2.75, 3.05) is 21.1 Å². The molecule has 0 aliphatic heterocycles. The van der Waals surface area contributed by atoms with E-state index in [0.717, 1.165) is 23.9 Å². The molecule has 0 radical (unpaired) electrons. The van der Waals surface area contributed by atoms with Gasteiger partial charge in [-0.3, -0.25) is 4.79 Å². The highest BCUT2D eigenvalue weighted by Crippen LogP contribution is 2.31. The summed E-state index contributed by atoms with van der Waals surface area (Å²) in [5.41, 5.74) is 4.60. The van der Waals surface area contributed by atoms with Gasteiger partial charge < -0.3 is 15.2 Å². The number of rotatable bonds is 2. The largest absolute Gasteiger partial charge is 0.358 e. The molecular weight excluding hydrogens is 250 g/mol. The number of hydrogen-bond donors (Lipinski definition) is 2. The van der Waals surface area contributed by atoms with Crippen LogP contribution in [0.4, 0.5) is 0 Å². The number of hydrogen-bond acceptors (Lipinski definition) is 2. The summed E-state index contributed by atoms with van der Waals surface area (Å²) in [6.07, 6.45) is 3.33. The van der Waals surface area contributed by atoms with Gasteiger partial charge in [-0.1, -0.05) is 0 Å². The number of carbonyl (C=O) groups is 1. The number of benzene rings is 1. The van der Waals surface area contributed by atoms with Gasteiger partial charge in [0.25, 0.3) is 5.91 Å². The zero-order valence-corrected chi connectivity index (χ0v) is 12.3. The summed E-state index contributed by atoms with van der Waals surface area (Å²) >= 11 is 0. The molecule has 1 aliphatic rings. The quantitative estimate of drug-likeness (QED) is 0.877. The van der Waals surface area contributed by atoms with Crippen LogP contribution in [0.5, 0.6) is 0 Å². The molecule has 3 rings (SSSR count). The maximum absolute atomic E-state index is 11.8. The van der Waals surface area contributed by atoms with Crippen molar-refractivity contribution in [3.63, 3.8) is 0 Å². The van der Waals surface area contributed by atoms with Gasteiger partial charge >= 0.3 is 0 Å². The van der Waals surface area contributed by atoms with Gasteiger partial charge in [0.1, 0.15) is 0 Å². The third kappa shape index (κ3) is 2.10. The van der Waals surface area contributed by atoms with E-state index in [-0.39, 0.29) is 5.91 Å². The van der Waals surface area contributed by atoms with Gasteiger partial charge in [0.15, 0.2) is 0 Å². The SMILES string of the molecule is CNC(=O)c1ccc2[nH]c3c(c2c1)CC(N(C)C)CC3. The maximum Gasteiger partial charge on any atom is 0.251 e. The van der Waals surface area contributed by atoms with Crippen molar-refractivity contribution in [1.82, 2.24) is 15.2 Å². The molecule has 106 valence electrons. The standard InChI is InChI=1S/C16H21N3O/c1-17-16(20)10-4-6-14-12(8-10)13-9-11(19(2)3)5-7-15(13)18-14/h4,6,8,11,18H,5,7,9H2,1-3H3,(H,17,20). The molecule has 20 heavy (non-hydrogen) atoms. The normalized spacial score (nSPS) is 18.3. The Morgan fingerprint density at radius 3 is 2.90 bits per heavy atom.